The summed E-state index contributed by atoms with van der Waals surface area (Å²) in [5.74, 6) is -1.20. The quantitative estimate of drug-likeness (QED) is 0.866. The van der Waals surface area contributed by atoms with Crippen LogP contribution >= 0.6 is 27.5 Å². The van der Waals surface area contributed by atoms with E-state index in [0.717, 1.165) is 0 Å². The molecule has 0 spiro atoms. The monoisotopic (exact) mass is 306 g/mol. The van der Waals surface area contributed by atoms with Crippen molar-refractivity contribution >= 4 is 39.6 Å². The van der Waals surface area contributed by atoms with Gasteiger partial charge in [0, 0.05) is 10.0 Å². The molecule has 0 aliphatic carbocycles. The van der Waals surface area contributed by atoms with Gasteiger partial charge < -0.3 is 9.84 Å². The van der Waals surface area contributed by atoms with E-state index in [1.165, 1.54) is 6.08 Å². The Morgan fingerprint density at radius 3 is 2.88 bits per heavy atom. The number of carbonyl (C=O) groups is 1. The second kappa shape index (κ2) is 4.07. The van der Waals surface area contributed by atoms with Crippen LogP contribution in [0, 0.1) is 0 Å². The molecule has 0 saturated heterocycles. The third kappa shape index (κ3) is 1.92. The van der Waals surface area contributed by atoms with Crippen LogP contribution in [0.3, 0.4) is 0 Å². The Balaban J connectivity index is 2.59. The maximum Gasteiger partial charge on any atom is 0.338 e. The lowest BCUT2D eigenvalue weighted by Gasteiger charge is -2.20. The molecular formula is C10H5BrClFO3. The van der Waals surface area contributed by atoms with Gasteiger partial charge in [0.2, 0.25) is 0 Å². The topological polar surface area (TPSA) is 46.5 Å². The first-order valence-electron chi connectivity index (χ1n) is 4.23. The highest BCUT2D eigenvalue weighted by atomic mass is 79.9. The maximum absolute atomic E-state index is 13.3. The van der Waals surface area contributed by atoms with Crippen LogP contribution in [0.2, 0.25) is 5.02 Å². The highest BCUT2D eigenvalue weighted by Gasteiger charge is 2.28. The molecule has 1 unspecified atom stereocenters. The number of rotatable bonds is 1. The van der Waals surface area contributed by atoms with E-state index in [4.69, 9.17) is 21.4 Å². The minimum absolute atomic E-state index is 0.155. The van der Waals surface area contributed by atoms with Crippen LogP contribution in [0.1, 0.15) is 5.56 Å². The number of hydrogen-bond acceptors (Lipinski definition) is 2. The van der Waals surface area contributed by atoms with Crippen molar-refractivity contribution in [2.75, 3.05) is 0 Å². The fourth-order valence-corrected chi connectivity index (χ4v) is 2.25. The number of benzene rings is 1. The number of aliphatic carboxylic acids is 1. The van der Waals surface area contributed by atoms with Crippen LogP contribution in [0.15, 0.2) is 22.2 Å². The lowest BCUT2D eigenvalue weighted by Crippen LogP contribution is -2.23. The summed E-state index contributed by atoms with van der Waals surface area (Å²) in [6, 6.07) is 3.16. The molecule has 1 N–H and O–H groups in total. The average Bonchev–Trinajstić information content (AvgIpc) is 2.18. The van der Waals surface area contributed by atoms with Gasteiger partial charge in [-0.3, -0.25) is 0 Å². The molecule has 84 valence electrons. The standard InChI is InChI=1S/C10H5BrClFO3/c11-5-1-4-2-6(10(14)15)9(13)16-8(4)7(12)3-5/h1-3,9H,(H,14,15). The van der Waals surface area contributed by atoms with E-state index in [2.05, 4.69) is 15.9 Å². The Hall–Kier alpha value is -1.07. The summed E-state index contributed by atoms with van der Waals surface area (Å²) in [5.41, 5.74) is -0.00709. The summed E-state index contributed by atoms with van der Waals surface area (Å²) in [6.45, 7) is 0. The van der Waals surface area contributed by atoms with E-state index in [-0.39, 0.29) is 10.8 Å². The zero-order chi connectivity index (χ0) is 11.9. The molecule has 1 aromatic carbocycles. The summed E-state index contributed by atoms with van der Waals surface area (Å²) < 4.78 is 18.8. The minimum atomic E-state index is -2.00. The number of halogens is 3. The molecule has 1 aliphatic heterocycles. The van der Waals surface area contributed by atoms with Crippen molar-refractivity contribution in [2.24, 2.45) is 0 Å². The Morgan fingerprint density at radius 1 is 1.56 bits per heavy atom. The second-order valence-corrected chi connectivity index (χ2v) is 4.47. The van der Waals surface area contributed by atoms with Gasteiger partial charge in [-0.1, -0.05) is 27.5 Å². The third-order valence-electron chi connectivity index (χ3n) is 2.06. The Morgan fingerprint density at radius 2 is 2.25 bits per heavy atom. The van der Waals surface area contributed by atoms with Crippen molar-refractivity contribution in [1.29, 1.82) is 0 Å². The van der Waals surface area contributed by atoms with Gasteiger partial charge in [-0.2, -0.15) is 4.39 Å². The van der Waals surface area contributed by atoms with E-state index in [1.807, 2.05) is 0 Å². The lowest BCUT2D eigenvalue weighted by atomic mass is 10.1. The van der Waals surface area contributed by atoms with Gasteiger partial charge in [0.1, 0.15) is 11.3 Å². The number of carboxylic acid groups (broad SMARTS) is 1. The summed E-state index contributed by atoms with van der Waals surface area (Å²) >= 11 is 9.04. The first-order valence-corrected chi connectivity index (χ1v) is 5.41. The number of fused-ring (bicyclic) bond motifs is 1. The molecule has 0 fully saturated rings. The van der Waals surface area contributed by atoms with Crippen molar-refractivity contribution in [2.45, 2.75) is 6.36 Å². The summed E-state index contributed by atoms with van der Waals surface area (Å²) in [4.78, 5) is 10.7. The third-order valence-corrected chi connectivity index (χ3v) is 2.80. The molecule has 1 atom stereocenters. The van der Waals surface area contributed by atoms with Gasteiger partial charge >= 0.3 is 5.97 Å². The first kappa shape index (κ1) is 11.4. The van der Waals surface area contributed by atoms with Gasteiger partial charge in [-0.25, -0.2) is 4.79 Å². The first-order chi connectivity index (χ1) is 7.49. The number of hydrogen-bond donors (Lipinski definition) is 1. The number of carboxylic acids is 1. The zero-order valence-electron chi connectivity index (χ0n) is 7.71. The fourth-order valence-electron chi connectivity index (χ4n) is 1.37. The predicted octanol–water partition coefficient (Wildman–Crippen LogP) is 3.26. The van der Waals surface area contributed by atoms with Crippen LogP contribution in [-0.4, -0.2) is 17.4 Å². The molecule has 0 bridgehead atoms. The van der Waals surface area contributed by atoms with E-state index >= 15 is 0 Å². The molecule has 1 heterocycles. The molecule has 0 amide bonds. The molecule has 0 saturated carbocycles. The van der Waals surface area contributed by atoms with Crippen molar-refractivity contribution in [1.82, 2.24) is 0 Å². The molecule has 1 aliphatic rings. The van der Waals surface area contributed by atoms with E-state index in [1.54, 1.807) is 12.1 Å². The summed E-state index contributed by atoms with van der Waals surface area (Å²) in [7, 11) is 0. The molecule has 1 aromatic rings. The Bertz CT molecular complexity index is 501. The Labute approximate surface area is 104 Å². The van der Waals surface area contributed by atoms with E-state index in [0.29, 0.717) is 10.0 Å². The molecule has 3 nitrogen and oxygen atoms in total. The van der Waals surface area contributed by atoms with Gasteiger partial charge in [0.25, 0.3) is 6.36 Å². The molecule has 0 aromatic heterocycles. The van der Waals surface area contributed by atoms with Crippen LogP contribution in [0.25, 0.3) is 6.08 Å². The molecule has 16 heavy (non-hydrogen) atoms. The summed E-state index contributed by atoms with van der Waals surface area (Å²) in [5, 5.41) is 8.97. The van der Waals surface area contributed by atoms with Gasteiger partial charge in [-0.05, 0) is 18.2 Å². The Kier molecular flexibility index (Phi) is 2.90. The molecular weight excluding hydrogens is 302 g/mol. The second-order valence-electron chi connectivity index (χ2n) is 3.14. The summed E-state index contributed by atoms with van der Waals surface area (Å²) in [6.07, 6.45) is -0.786. The normalized spacial score (nSPS) is 18.4. The van der Waals surface area contributed by atoms with Crippen molar-refractivity contribution in [3.63, 3.8) is 0 Å². The predicted molar refractivity (Wildman–Crippen MR) is 60.3 cm³/mol. The maximum atomic E-state index is 13.3. The highest BCUT2D eigenvalue weighted by molar-refractivity contribution is 9.10. The van der Waals surface area contributed by atoms with Gasteiger partial charge in [0.15, 0.2) is 0 Å². The van der Waals surface area contributed by atoms with Gasteiger partial charge in [0.05, 0.1) is 5.02 Å². The van der Waals surface area contributed by atoms with Crippen LogP contribution in [-0.2, 0) is 4.79 Å². The van der Waals surface area contributed by atoms with E-state index < -0.39 is 17.9 Å². The smallest absolute Gasteiger partial charge is 0.338 e. The fraction of sp³-hybridized carbons (Fsp3) is 0.100. The van der Waals surface area contributed by atoms with Gasteiger partial charge in [-0.15, -0.1) is 0 Å². The van der Waals surface area contributed by atoms with Crippen molar-refractivity contribution in [3.05, 3.63) is 32.8 Å². The molecule has 2 rings (SSSR count). The lowest BCUT2D eigenvalue weighted by molar-refractivity contribution is -0.134. The molecule has 0 radical (unpaired) electrons. The van der Waals surface area contributed by atoms with Crippen LogP contribution in [0.4, 0.5) is 4.39 Å². The van der Waals surface area contributed by atoms with Crippen molar-refractivity contribution in [3.8, 4) is 5.75 Å². The highest BCUT2D eigenvalue weighted by Crippen LogP contribution is 2.38. The minimum Gasteiger partial charge on any atom is -0.478 e. The van der Waals surface area contributed by atoms with Crippen LogP contribution in [0.5, 0.6) is 5.75 Å². The van der Waals surface area contributed by atoms with Crippen LogP contribution < -0.4 is 4.74 Å². The number of ether oxygens (including phenoxy) is 1. The largest absolute Gasteiger partial charge is 0.478 e. The van der Waals surface area contributed by atoms with E-state index in [9.17, 15) is 9.18 Å². The average molecular weight is 308 g/mol. The number of alkyl halides is 1. The molecule has 6 heteroatoms. The zero-order valence-corrected chi connectivity index (χ0v) is 10.0. The van der Waals surface area contributed by atoms with Crippen molar-refractivity contribution < 1.29 is 19.0 Å². The SMILES string of the molecule is O=C(O)C1=Cc2cc(Br)cc(Cl)c2OC1F.